The molecule has 0 aromatic carbocycles. The Morgan fingerprint density at radius 2 is 2.14 bits per heavy atom. The summed E-state index contributed by atoms with van der Waals surface area (Å²) >= 11 is 3.50. The Bertz CT molecular complexity index is 80.2. The van der Waals surface area contributed by atoms with Gasteiger partial charge in [-0.2, -0.15) is 0 Å². The molecule has 1 aliphatic carbocycles. The molecular formula is C6H9Br. The lowest BCUT2D eigenvalue weighted by Gasteiger charge is -1.72. The van der Waals surface area contributed by atoms with Crippen LogP contribution in [0.3, 0.4) is 0 Å². The molecule has 0 bridgehead atoms. The Morgan fingerprint density at radius 3 is 2.14 bits per heavy atom. The summed E-state index contributed by atoms with van der Waals surface area (Å²) in [5.41, 5.74) is 0. The van der Waals surface area contributed by atoms with Crippen molar-refractivity contribution in [2.24, 2.45) is 11.8 Å². The maximum Gasteiger partial charge on any atom is 0.0243 e. The molecule has 7 heavy (non-hydrogen) atoms. The van der Waals surface area contributed by atoms with Crippen molar-refractivity contribution in [3.63, 3.8) is 0 Å². The van der Waals surface area contributed by atoms with E-state index in [1.165, 1.54) is 0 Å². The Labute approximate surface area is 52.7 Å². The van der Waals surface area contributed by atoms with Gasteiger partial charge in [0.2, 0.25) is 0 Å². The number of alkyl halides is 1. The fraction of sp³-hybridized carbons (Fsp3) is 0.667. The molecule has 0 aromatic heterocycles. The van der Waals surface area contributed by atoms with Gasteiger partial charge in [-0.15, -0.1) is 6.58 Å². The minimum absolute atomic E-state index is 0.727. The van der Waals surface area contributed by atoms with Crippen molar-refractivity contribution in [3.8, 4) is 0 Å². The largest absolute Gasteiger partial charge is 0.103 e. The molecule has 1 saturated carbocycles. The van der Waals surface area contributed by atoms with Crippen molar-refractivity contribution in [2.45, 2.75) is 11.8 Å². The molecule has 1 heteroatoms. The maximum atomic E-state index is 3.69. The second-order valence-electron chi connectivity index (χ2n) is 2.12. The quantitative estimate of drug-likeness (QED) is 0.408. The predicted molar refractivity (Wildman–Crippen MR) is 35.6 cm³/mol. The van der Waals surface area contributed by atoms with Crippen LogP contribution in [-0.4, -0.2) is 4.83 Å². The zero-order chi connectivity index (χ0) is 5.44. The van der Waals surface area contributed by atoms with Gasteiger partial charge in [-0.3, -0.25) is 0 Å². The van der Waals surface area contributed by atoms with Crippen LogP contribution in [-0.2, 0) is 0 Å². The van der Waals surface area contributed by atoms with Crippen LogP contribution in [0.2, 0.25) is 0 Å². The first-order valence-electron chi connectivity index (χ1n) is 2.54. The summed E-state index contributed by atoms with van der Waals surface area (Å²) in [4.78, 5) is 0.727. The van der Waals surface area contributed by atoms with E-state index in [0.29, 0.717) is 0 Å². The predicted octanol–water partition coefficient (Wildman–Crippen LogP) is 2.20. The van der Waals surface area contributed by atoms with Gasteiger partial charge in [-0.05, 0) is 11.8 Å². The zero-order valence-corrected chi connectivity index (χ0v) is 5.98. The van der Waals surface area contributed by atoms with Crippen molar-refractivity contribution in [1.29, 1.82) is 0 Å². The molecule has 0 spiro atoms. The Balaban J connectivity index is 2.37. The van der Waals surface area contributed by atoms with Crippen LogP contribution in [0, 0.1) is 11.8 Å². The molecule has 0 heterocycles. The van der Waals surface area contributed by atoms with E-state index in [0.717, 1.165) is 16.7 Å². The second-order valence-corrected chi connectivity index (χ2v) is 3.17. The van der Waals surface area contributed by atoms with E-state index in [-0.39, 0.29) is 0 Å². The number of rotatable bonds is 1. The van der Waals surface area contributed by atoms with E-state index in [4.69, 9.17) is 0 Å². The fourth-order valence-electron chi connectivity index (χ4n) is 0.788. The number of allylic oxidation sites excluding steroid dienone is 1. The average molecular weight is 161 g/mol. The van der Waals surface area contributed by atoms with E-state index in [1.54, 1.807) is 0 Å². The molecule has 0 nitrogen and oxygen atoms in total. The third-order valence-electron chi connectivity index (χ3n) is 1.61. The van der Waals surface area contributed by atoms with Crippen LogP contribution < -0.4 is 0 Å². The minimum atomic E-state index is 0.727. The standard InChI is InChI=1S/C6H9Br/c1-3-5-4(2)6(5)7/h3-6H,1H2,2H3/t4-,5+,6-/m0/s1. The molecule has 0 N–H and O–H groups in total. The molecule has 1 aliphatic rings. The van der Waals surface area contributed by atoms with Gasteiger partial charge in [0, 0.05) is 4.83 Å². The number of halogens is 1. The summed E-state index contributed by atoms with van der Waals surface area (Å²) in [6.07, 6.45) is 2.02. The first-order chi connectivity index (χ1) is 3.27. The highest BCUT2D eigenvalue weighted by atomic mass is 79.9. The van der Waals surface area contributed by atoms with Crippen molar-refractivity contribution >= 4 is 15.9 Å². The van der Waals surface area contributed by atoms with Crippen LogP contribution in [0.5, 0.6) is 0 Å². The molecule has 1 fully saturated rings. The molecule has 1 rings (SSSR count). The average Bonchev–Trinajstić information content (AvgIpc) is 2.17. The van der Waals surface area contributed by atoms with E-state index in [9.17, 15) is 0 Å². The van der Waals surface area contributed by atoms with Crippen LogP contribution in [0.15, 0.2) is 12.7 Å². The molecule has 0 amide bonds. The minimum Gasteiger partial charge on any atom is -0.103 e. The summed E-state index contributed by atoms with van der Waals surface area (Å²) in [6.45, 7) is 5.92. The van der Waals surface area contributed by atoms with E-state index < -0.39 is 0 Å². The molecule has 40 valence electrons. The van der Waals surface area contributed by atoms with Crippen LogP contribution in [0.4, 0.5) is 0 Å². The van der Waals surface area contributed by atoms with E-state index in [2.05, 4.69) is 29.4 Å². The summed E-state index contributed by atoms with van der Waals surface area (Å²) in [7, 11) is 0. The first kappa shape index (κ1) is 5.36. The van der Waals surface area contributed by atoms with Gasteiger partial charge in [0.05, 0.1) is 0 Å². The maximum absolute atomic E-state index is 3.69. The Kier molecular flexibility index (Phi) is 1.24. The van der Waals surface area contributed by atoms with E-state index in [1.807, 2.05) is 6.08 Å². The van der Waals surface area contributed by atoms with Gasteiger partial charge in [0.1, 0.15) is 0 Å². The highest BCUT2D eigenvalue weighted by Crippen LogP contribution is 2.45. The van der Waals surface area contributed by atoms with E-state index >= 15 is 0 Å². The summed E-state index contributed by atoms with van der Waals surface area (Å²) in [5, 5.41) is 0. The highest BCUT2D eigenvalue weighted by Gasteiger charge is 2.41. The van der Waals surface area contributed by atoms with Crippen LogP contribution >= 0.6 is 15.9 Å². The van der Waals surface area contributed by atoms with Crippen LogP contribution in [0.25, 0.3) is 0 Å². The molecule has 0 radical (unpaired) electrons. The molecular weight excluding hydrogens is 152 g/mol. The number of hydrogen-bond donors (Lipinski definition) is 0. The van der Waals surface area contributed by atoms with Crippen molar-refractivity contribution < 1.29 is 0 Å². The highest BCUT2D eigenvalue weighted by molar-refractivity contribution is 9.09. The lowest BCUT2D eigenvalue weighted by molar-refractivity contribution is 0.902. The molecule has 0 saturated heterocycles. The lowest BCUT2D eigenvalue weighted by atomic mass is 10.3. The summed E-state index contributed by atoms with van der Waals surface area (Å²) < 4.78 is 0. The van der Waals surface area contributed by atoms with Crippen LogP contribution in [0.1, 0.15) is 6.92 Å². The third kappa shape index (κ3) is 0.742. The summed E-state index contributed by atoms with van der Waals surface area (Å²) in [5.74, 6) is 1.58. The molecule has 3 atom stereocenters. The van der Waals surface area contributed by atoms with Gasteiger partial charge < -0.3 is 0 Å². The molecule has 0 aliphatic heterocycles. The molecule has 0 unspecified atom stereocenters. The van der Waals surface area contributed by atoms with Gasteiger partial charge in [0.15, 0.2) is 0 Å². The number of hydrogen-bond acceptors (Lipinski definition) is 0. The van der Waals surface area contributed by atoms with Gasteiger partial charge in [-0.1, -0.05) is 28.9 Å². The third-order valence-corrected chi connectivity index (χ3v) is 3.05. The van der Waals surface area contributed by atoms with Crippen molar-refractivity contribution in [1.82, 2.24) is 0 Å². The van der Waals surface area contributed by atoms with Crippen molar-refractivity contribution in [2.75, 3.05) is 0 Å². The van der Waals surface area contributed by atoms with Gasteiger partial charge in [0.25, 0.3) is 0 Å². The van der Waals surface area contributed by atoms with Gasteiger partial charge >= 0.3 is 0 Å². The SMILES string of the molecule is C=C[C@@H]1[C@H](C)[C@@H]1Br. The second kappa shape index (κ2) is 1.62. The smallest absolute Gasteiger partial charge is 0.0243 e. The Morgan fingerprint density at radius 1 is 1.71 bits per heavy atom. The fourth-order valence-corrected chi connectivity index (χ4v) is 1.66. The Hall–Kier alpha value is 0.220. The summed E-state index contributed by atoms with van der Waals surface area (Å²) in [6, 6.07) is 0. The van der Waals surface area contributed by atoms with Gasteiger partial charge in [-0.25, -0.2) is 0 Å². The molecule has 0 aromatic rings. The lowest BCUT2D eigenvalue weighted by Crippen LogP contribution is -1.64. The first-order valence-corrected chi connectivity index (χ1v) is 3.45. The topological polar surface area (TPSA) is 0 Å². The van der Waals surface area contributed by atoms with Crippen molar-refractivity contribution in [3.05, 3.63) is 12.7 Å². The normalized spacial score (nSPS) is 48.6. The monoisotopic (exact) mass is 160 g/mol. The zero-order valence-electron chi connectivity index (χ0n) is 4.39.